The van der Waals surface area contributed by atoms with Crippen LogP contribution in [0.3, 0.4) is 0 Å². The van der Waals surface area contributed by atoms with E-state index in [0.717, 1.165) is 29.1 Å². The molecular weight excluding hydrogens is 234 g/mol. The molecule has 0 aromatic heterocycles. The molecule has 3 rings (SSSR count). The molecule has 0 atom stereocenters. The van der Waals surface area contributed by atoms with E-state index in [1.54, 1.807) is 0 Å². The normalized spacial score (nSPS) is 18.9. The van der Waals surface area contributed by atoms with Crippen molar-refractivity contribution in [3.05, 3.63) is 52.2 Å². The zero-order valence-corrected chi connectivity index (χ0v) is 10.3. The van der Waals surface area contributed by atoms with Crippen molar-refractivity contribution in [2.75, 3.05) is 11.9 Å². The molecule has 0 radical (unpaired) electrons. The van der Waals surface area contributed by atoms with Crippen LogP contribution >= 0.6 is 11.6 Å². The summed E-state index contributed by atoms with van der Waals surface area (Å²) in [7, 11) is 0. The van der Waals surface area contributed by atoms with E-state index in [4.69, 9.17) is 16.3 Å². The minimum absolute atomic E-state index is 0.629. The van der Waals surface area contributed by atoms with Crippen molar-refractivity contribution in [3.8, 4) is 0 Å². The number of rotatable bonds is 0. The smallest absolute Gasteiger partial charge is 0.0741 e. The minimum Gasteiger partial charge on any atom is -0.372 e. The van der Waals surface area contributed by atoms with E-state index in [1.807, 2.05) is 18.2 Å². The lowest BCUT2D eigenvalue weighted by atomic mass is 10.0. The second-order valence-corrected chi connectivity index (χ2v) is 4.80. The quantitative estimate of drug-likeness (QED) is 0.751. The molecule has 0 amide bonds. The molecule has 0 fully saturated rings. The Balaban J connectivity index is 2.01. The molecule has 0 saturated carbocycles. The van der Waals surface area contributed by atoms with E-state index in [9.17, 15) is 0 Å². The minimum atomic E-state index is 0.629. The number of anilines is 1. The van der Waals surface area contributed by atoms with Gasteiger partial charge in [0.05, 0.1) is 13.2 Å². The zero-order chi connectivity index (χ0) is 11.7. The maximum absolute atomic E-state index is 6.04. The highest BCUT2D eigenvalue weighted by Crippen LogP contribution is 2.29. The second kappa shape index (κ2) is 4.55. The Morgan fingerprint density at radius 1 is 1.24 bits per heavy atom. The Morgan fingerprint density at radius 3 is 3.12 bits per heavy atom. The molecule has 1 aliphatic carbocycles. The molecule has 88 valence electrons. The van der Waals surface area contributed by atoms with Crippen LogP contribution in [0.25, 0.3) is 0 Å². The number of allylic oxidation sites excluding steroid dienone is 2. The Hall–Kier alpha value is -1.25. The summed E-state index contributed by atoms with van der Waals surface area (Å²) in [6.45, 7) is 1.31. The Morgan fingerprint density at radius 2 is 2.18 bits per heavy atom. The SMILES string of the molecule is Clc1ccc2c(c1)NC1=C(C=CCC1)COC2. The fraction of sp³-hybridized carbons (Fsp3) is 0.286. The van der Waals surface area contributed by atoms with Crippen LogP contribution in [0.2, 0.25) is 5.02 Å². The topological polar surface area (TPSA) is 21.3 Å². The number of nitrogens with one attached hydrogen (secondary N) is 1. The molecule has 1 aromatic rings. The van der Waals surface area contributed by atoms with Crippen molar-refractivity contribution < 1.29 is 4.74 Å². The van der Waals surface area contributed by atoms with Crippen LogP contribution in [0.15, 0.2) is 41.6 Å². The van der Waals surface area contributed by atoms with E-state index in [0.29, 0.717) is 13.2 Å². The fourth-order valence-corrected chi connectivity index (χ4v) is 2.39. The molecule has 3 heteroatoms. The number of benzene rings is 1. The first-order valence-corrected chi connectivity index (χ1v) is 6.22. The summed E-state index contributed by atoms with van der Waals surface area (Å²) < 4.78 is 5.72. The van der Waals surface area contributed by atoms with E-state index < -0.39 is 0 Å². The van der Waals surface area contributed by atoms with Crippen LogP contribution in [-0.4, -0.2) is 6.61 Å². The van der Waals surface area contributed by atoms with Crippen molar-refractivity contribution in [1.82, 2.24) is 0 Å². The first kappa shape index (κ1) is 10.9. The molecule has 2 nitrogen and oxygen atoms in total. The highest BCUT2D eigenvalue weighted by molar-refractivity contribution is 6.30. The van der Waals surface area contributed by atoms with Crippen molar-refractivity contribution in [3.63, 3.8) is 0 Å². The van der Waals surface area contributed by atoms with Gasteiger partial charge in [-0.15, -0.1) is 0 Å². The average Bonchev–Trinajstić information content (AvgIpc) is 2.31. The molecule has 0 saturated heterocycles. The molecule has 2 aliphatic rings. The van der Waals surface area contributed by atoms with Gasteiger partial charge in [0.15, 0.2) is 0 Å². The average molecular weight is 248 g/mol. The van der Waals surface area contributed by atoms with E-state index in [2.05, 4.69) is 17.5 Å². The molecular formula is C14H14ClNO. The van der Waals surface area contributed by atoms with Crippen LogP contribution in [0.1, 0.15) is 18.4 Å². The third-order valence-corrected chi connectivity index (χ3v) is 3.38. The van der Waals surface area contributed by atoms with E-state index >= 15 is 0 Å². The molecule has 1 aromatic carbocycles. The summed E-state index contributed by atoms with van der Waals surface area (Å²) in [6.07, 6.45) is 6.48. The number of hydrogen-bond acceptors (Lipinski definition) is 2. The van der Waals surface area contributed by atoms with Crippen molar-refractivity contribution in [1.29, 1.82) is 0 Å². The Bertz CT molecular complexity index is 505. The predicted molar refractivity (Wildman–Crippen MR) is 70.1 cm³/mol. The third kappa shape index (κ3) is 2.24. The lowest BCUT2D eigenvalue weighted by Crippen LogP contribution is -2.14. The highest BCUT2D eigenvalue weighted by Gasteiger charge is 2.14. The van der Waals surface area contributed by atoms with Gasteiger partial charge in [0.1, 0.15) is 0 Å². The molecule has 0 spiro atoms. The van der Waals surface area contributed by atoms with Gasteiger partial charge in [-0.05, 0) is 30.5 Å². The van der Waals surface area contributed by atoms with Crippen molar-refractivity contribution in [2.45, 2.75) is 19.4 Å². The molecule has 0 bridgehead atoms. The van der Waals surface area contributed by atoms with Crippen LogP contribution < -0.4 is 5.32 Å². The maximum Gasteiger partial charge on any atom is 0.0741 e. The van der Waals surface area contributed by atoms with Gasteiger partial charge in [-0.2, -0.15) is 0 Å². The third-order valence-electron chi connectivity index (χ3n) is 3.14. The van der Waals surface area contributed by atoms with Gasteiger partial charge in [-0.1, -0.05) is 29.8 Å². The molecule has 1 aliphatic heterocycles. The second-order valence-electron chi connectivity index (χ2n) is 4.36. The first-order chi connectivity index (χ1) is 8.33. The van der Waals surface area contributed by atoms with Gasteiger partial charge in [0.25, 0.3) is 0 Å². The molecule has 1 N–H and O–H groups in total. The number of ether oxygens (including phenoxy) is 1. The van der Waals surface area contributed by atoms with E-state index in [1.165, 1.54) is 11.3 Å². The van der Waals surface area contributed by atoms with Crippen LogP contribution in [0, 0.1) is 0 Å². The summed E-state index contributed by atoms with van der Waals surface area (Å²) in [5.41, 5.74) is 4.74. The molecule has 17 heavy (non-hydrogen) atoms. The Labute approximate surface area is 106 Å². The number of halogens is 1. The van der Waals surface area contributed by atoms with Gasteiger partial charge in [-0.3, -0.25) is 0 Å². The summed E-state index contributed by atoms with van der Waals surface area (Å²) in [6, 6.07) is 5.90. The summed E-state index contributed by atoms with van der Waals surface area (Å²) >= 11 is 6.04. The summed E-state index contributed by atoms with van der Waals surface area (Å²) in [4.78, 5) is 0. The van der Waals surface area contributed by atoms with Gasteiger partial charge < -0.3 is 10.1 Å². The van der Waals surface area contributed by atoms with Crippen LogP contribution in [0.4, 0.5) is 5.69 Å². The van der Waals surface area contributed by atoms with Crippen molar-refractivity contribution >= 4 is 17.3 Å². The maximum atomic E-state index is 6.04. The number of hydrogen-bond donors (Lipinski definition) is 1. The summed E-state index contributed by atoms with van der Waals surface area (Å²) in [5, 5.41) is 4.26. The van der Waals surface area contributed by atoms with Crippen LogP contribution in [0.5, 0.6) is 0 Å². The fourth-order valence-electron chi connectivity index (χ4n) is 2.22. The summed E-state index contributed by atoms with van der Waals surface area (Å²) in [5.74, 6) is 0. The monoisotopic (exact) mass is 247 g/mol. The lowest BCUT2D eigenvalue weighted by molar-refractivity contribution is 0.143. The molecule has 0 unspecified atom stereocenters. The highest BCUT2D eigenvalue weighted by atomic mass is 35.5. The first-order valence-electron chi connectivity index (χ1n) is 5.85. The van der Waals surface area contributed by atoms with Gasteiger partial charge in [0.2, 0.25) is 0 Å². The molecule has 1 heterocycles. The lowest BCUT2D eigenvalue weighted by Gasteiger charge is -2.23. The van der Waals surface area contributed by atoms with Gasteiger partial charge in [0, 0.05) is 22.0 Å². The van der Waals surface area contributed by atoms with Crippen molar-refractivity contribution in [2.24, 2.45) is 0 Å². The predicted octanol–water partition coefficient (Wildman–Crippen LogP) is 3.89. The number of fused-ring (bicyclic) bond motifs is 1. The van der Waals surface area contributed by atoms with Crippen LogP contribution in [-0.2, 0) is 11.3 Å². The standard InChI is InChI=1S/C14H14ClNO/c15-12-6-5-11-9-17-8-10-3-1-2-4-13(10)16-14(11)7-12/h1,3,5-7,16H,2,4,8-9H2. The van der Waals surface area contributed by atoms with Gasteiger partial charge >= 0.3 is 0 Å². The largest absolute Gasteiger partial charge is 0.372 e. The van der Waals surface area contributed by atoms with Gasteiger partial charge in [-0.25, -0.2) is 0 Å². The van der Waals surface area contributed by atoms with E-state index in [-0.39, 0.29) is 0 Å². The zero-order valence-electron chi connectivity index (χ0n) is 9.50. The Kier molecular flexibility index (Phi) is 2.91.